The summed E-state index contributed by atoms with van der Waals surface area (Å²) in [5, 5.41) is 0. The average molecular weight is 526 g/mol. The van der Waals surface area contributed by atoms with E-state index in [1.807, 2.05) is 6.92 Å². The molecule has 0 nitrogen and oxygen atoms in total. The summed E-state index contributed by atoms with van der Waals surface area (Å²) >= 11 is 0. The molecule has 0 spiro atoms. The topological polar surface area (TPSA) is 0 Å². The van der Waals surface area contributed by atoms with Gasteiger partial charge in [0.05, 0.1) is 0 Å². The fraction of sp³-hybridized carbons (Fsp3) is 1.00. The number of hydrogen-bond acceptors (Lipinski definition) is 0. The van der Waals surface area contributed by atoms with Crippen LogP contribution in [-0.2, 0) is 0 Å². The van der Waals surface area contributed by atoms with Crippen molar-refractivity contribution in [1.82, 2.24) is 0 Å². The zero-order valence-corrected chi connectivity index (χ0v) is 19.2. The lowest BCUT2D eigenvalue weighted by molar-refractivity contribution is -0.170. The first-order valence-electron chi connectivity index (χ1n) is 11.6. The Hall–Kier alpha value is -0.840. The van der Waals surface area contributed by atoms with E-state index in [0.717, 1.165) is 19.3 Å². The molecule has 0 fully saturated rings. The van der Waals surface area contributed by atoms with Crippen molar-refractivity contribution < 1.29 is 52.7 Å². The quantitative estimate of drug-likeness (QED) is 0.139. The summed E-state index contributed by atoms with van der Waals surface area (Å²) in [7, 11) is 0. The minimum atomic E-state index is -4.86. The summed E-state index contributed by atoms with van der Waals surface area (Å²) in [6, 6.07) is 0. The molecular weight excluding hydrogens is 492 g/mol. The van der Waals surface area contributed by atoms with Crippen LogP contribution in [0.2, 0.25) is 0 Å². The maximum Gasteiger partial charge on any atom is 0.389 e. The van der Waals surface area contributed by atoms with E-state index in [9.17, 15) is 52.7 Å². The molecule has 1 atom stereocenters. The molecule has 0 aromatic heterocycles. The van der Waals surface area contributed by atoms with E-state index in [-0.39, 0.29) is 12.8 Å². The standard InChI is InChI=1S/C22H34F12/c1-2-3-4-5-6-7-8-17(9-10-19(23,24)25)18(11-14-20(26,27)28,12-15-21(29,30)31)13-16-22(32,33)34/h17H,2-16H2,1H3. The smallest absolute Gasteiger partial charge is 0.171 e. The van der Waals surface area contributed by atoms with Crippen LogP contribution in [0.4, 0.5) is 52.7 Å². The van der Waals surface area contributed by atoms with E-state index in [4.69, 9.17) is 0 Å². The van der Waals surface area contributed by atoms with Crippen LogP contribution >= 0.6 is 0 Å². The first-order valence-corrected chi connectivity index (χ1v) is 11.6. The van der Waals surface area contributed by atoms with Gasteiger partial charge in [-0.05, 0) is 43.4 Å². The minimum Gasteiger partial charge on any atom is -0.171 e. The Balaban J connectivity index is 5.99. The predicted molar refractivity (Wildman–Crippen MR) is 105 cm³/mol. The Bertz CT molecular complexity index is 482. The Kier molecular flexibility index (Phi) is 13.7. The van der Waals surface area contributed by atoms with E-state index in [0.29, 0.717) is 12.8 Å². The van der Waals surface area contributed by atoms with Crippen molar-refractivity contribution in [2.45, 2.75) is 128 Å². The van der Waals surface area contributed by atoms with E-state index in [1.54, 1.807) is 0 Å². The molecule has 0 aromatic rings. The van der Waals surface area contributed by atoms with Crippen LogP contribution < -0.4 is 0 Å². The molecular formula is C22H34F12. The molecule has 0 bridgehead atoms. The maximum atomic E-state index is 13.0. The van der Waals surface area contributed by atoms with Crippen LogP contribution in [0.3, 0.4) is 0 Å². The van der Waals surface area contributed by atoms with Crippen molar-refractivity contribution in [3.05, 3.63) is 0 Å². The highest BCUT2D eigenvalue weighted by Crippen LogP contribution is 2.51. The van der Waals surface area contributed by atoms with Crippen LogP contribution in [0.15, 0.2) is 0 Å². The van der Waals surface area contributed by atoms with Crippen LogP contribution in [0, 0.1) is 11.3 Å². The van der Waals surface area contributed by atoms with Gasteiger partial charge in [-0.3, -0.25) is 0 Å². The van der Waals surface area contributed by atoms with Gasteiger partial charge < -0.3 is 0 Å². The summed E-state index contributed by atoms with van der Waals surface area (Å²) in [6.07, 6.45) is -25.9. The summed E-state index contributed by atoms with van der Waals surface area (Å²) in [6.45, 7) is 1.95. The van der Waals surface area contributed by atoms with Crippen molar-refractivity contribution in [2.24, 2.45) is 11.3 Å². The van der Waals surface area contributed by atoms with Crippen molar-refractivity contribution in [2.75, 3.05) is 0 Å². The molecule has 1 unspecified atom stereocenters. The van der Waals surface area contributed by atoms with Crippen molar-refractivity contribution in [1.29, 1.82) is 0 Å². The second kappa shape index (κ2) is 14.0. The molecule has 0 aliphatic carbocycles. The normalized spacial score (nSPS) is 15.1. The Morgan fingerprint density at radius 3 is 1.12 bits per heavy atom. The monoisotopic (exact) mass is 526 g/mol. The minimum absolute atomic E-state index is 0.143. The molecule has 0 saturated carbocycles. The third-order valence-electron chi connectivity index (χ3n) is 6.27. The first-order chi connectivity index (χ1) is 15.3. The fourth-order valence-corrected chi connectivity index (χ4v) is 4.43. The highest BCUT2D eigenvalue weighted by Gasteiger charge is 2.46. The van der Waals surface area contributed by atoms with E-state index in [2.05, 4.69) is 0 Å². The second-order valence-electron chi connectivity index (χ2n) is 9.12. The molecule has 0 N–H and O–H groups in total. The number of halogens is 12. The molecule has 0 aliphatic rings. The Labute approximate surface area is 192 Å². The molecule has 0 aliphatic heterocycles. The summed E-state index contributed by atoms with van der Waals surface area (Å²) in [5.41, 5.74) is -2.16. The molecule has 0 saturated heterocycles. The molecule has 0 radical (unpaired) electrons. The van der Waals surface area contributed by atoms with E-state index < -0.39 is 87.4 Å². The molecule has 206 valence electrons. The lowest BCUT2D eigenvalue weighted by Gasteiger charge is -2.43. The van der Waals surface area contributed by atoms with Gasteiger partial charge in [0.15, 0.2) is 0 Å². The highest BCUT2D eigenvalue weighted by atomic mass is 19.4. The van der Waals surface area contributed by atoms with Gasteiger partial charge in [-0.15, -0.1) is 0 Å². The van der Waals surface area contributed by atoms with Crippen LogP contribution in [0.1, 0.15) is 103 Å². The largest absolute Gasteiger partial charge is 0.389 e. The number of rotatable bonds is 16. The lowest BCUT2D eigenvalue weighted by atomic mass is 9.63. The van der Waals surface area contributed by atoms with Gasteiger partial charge in [0.25, 0.3) is 0 Å². The fourth-order valence-electron chi connectivity index (χ4n) is 4.43. The van der Waals surface area contributed by atoms with Crippen molar-refractivity contribution >= 4 is 0 Å². The molecule has 0 amide bonds. The van der Waals surface area contributed by atoms with E-state index >= 15 is 0 Å². The zero-order chi connectivity index (χ0) is 26.7. The summed E-state index contributed by atoms with van der Waals surface area (Å²) in [5.74, 6) is -1.34. The second-order valence-corrected chi connectivity index (χ2v) is 9.12. The SMILES string of the molecule is CCCCCCCCC(CCC(F)(F)F)C(CCC(F)(F)F)(CCC(F)(F)F)CCC(F)(F)F. The molecule has 0 rings (SSSR count). The van der Waals surface area contributed by atoms with Crippen molar-refractivity contribution in [3.8, 4) is 0 Å². The average Bonchev–Trinajstić information content (AvgIpc) is 2.64. The van der Waals surface area contributed by atoms with Gasteiger partial charge in [-0.2, -0.15) is 52.7 Å². The van der Waals surface area contributed by atoms with Crippen LogP contribution in [0.5, 0.6) is 0 Å². The number of unbranched alkanes of at least 4 members (excludes halogenated alkanes) is 5. The number of hydrogen-bond donors (Lipinski definition) is 0. The van der Waals surface area contributed by atoms with Crippen LogP contribution in [-0.4, -0.2) is 24.7 Å². The Morgan fingerprint density at radius 1 is 0.412 bits per heavy atom. The zero-order valence-electron chi connectivity index (χ0n) is 19.2. The Morgan fingerprint density at radius 2 is 0.765 bits per heavy atom. The maximum absolute atomic E-state index is 13.0. The van der Waals surface area contributed by atoms with Gasteiger partial charge in [0.2, 0.25) is 0 Å². The summed E-state index contributed by atoms with van der Waals surface area (Å²) < 4.78 is 156. The predicted octanol–water partition coefficient (Wildman–Crippen LogP) is 10.7. The van der Waals surface area contributed by atoms with E-state index in [1.165, 1.54) is 0 Å². The summed E-state index contributed by atoms with van der Waals surface area (Å²) in [4.78, 5) is 0. The lowest BCUT2D eigenvalue weighted by Crippen LogP contribution is -2.36. The van der Waals surface area contributed by atoms with Gasteiger partial charge in [0.1, 0.15) is 0 Å². The first kappa shape index (κ1) is 33.2. The van der Waals surface area contributed by atoms with Gasteiger partial charge in [-0.1, -0.05) is 45.4 Å². The number of alkyl halides is 12. The molecule has 0 aromatic carbocycles. The van der Waals surface area contributed by atoms with Crippen LogP contribution in [0.25, 0.3) is 0 Å². The molecule has 0 heterocycles. The molecule has 34 heavy (non-hydrogen) atoms. The van der Waals surface area contributed by atoms with Gasteiger partial charge >= 0.3 is 24.7 Å². The third-order valence-corrected chi connectivity index (χ3v) is 6.27. The highest BCUT2D eigenvalue weighted by molar-refractivity contribution is 4.89. The van der Waals surface area contributed by atoms with Gasteiger partial charge in [-0.25, -0.2) is 0 Å². The van der Waals surface area contributed by atoms with Crippen molar-refractivity contribution in [3.63, 3.8) is 0 Å². The third kappa shape index (κ3) is 17.6. The molecule has 12 heteroatoms. The van der Waals surface area contributed by atoms with Gasteiger partial charge in [0, 0.05) is 25.7 Å².